The highest BCUT2D eigenvalue weighted by atomic mass is 79.9. The van der Waals surface area contributed by atoms with E-state index >= 15 is 0 Å². The molecule has 3 nitrogen and oxygen atoms in total. The van der Waals surface area contributed by atoms with Crippen LogP contribution in [0, 0.1) is 0 Å². The van der Waals surface area contributed by atoms with Crippen LogP contribution < -0.4 is 0 Å². The molecule has 1 aromatic rings. The van der Waals surface area contributed by atoms with E-state index in [0.717, 1.165) is 4.47 Å². The number of β-amino-alcohol motifs (C(OH)–C–C–N with tert-alkyl or cyclic N) is 1. The molecule has 1 fully saturated rings. The monoisotopic (exact) mass is 311 g/mol. The maximum absolute atomic E-state index is 12.0. The van der Waals surface area contributed by atoms with Crippen molar-refractivity contribution in [3.63, 3.8) is 0 Å². The van der Waals surface area contributed by atoms with E-state index in [4.69, 9.17) is 0 Å². The molecule has 18 heavy (non-hydrogen) atoms. The molecule has 0 bridgehead atoms. The molecule has 1 saturated heterocycles. The Morgan fingerprint density at radius 2 is 2.00 bits per heavy atom. The molecule has 0 aliphatic carbocycles. The molecule has 0 radical (unpaired) electrons. The minimum Gasteiger partial charge on any atom is -0.386 e. The largest absolute Gasteiger partial charge is 0.386 e. The second-order valence-electron chi connectivity index (χ2n) is 5.40. The molecular formula is C14H18BrNO2. The van der Waals surface area contributed by atoms with E-state index in [1.165, 1.54) is 5.56 Å². The van der Waals surface area contributed by atoms with Crippen LogP contribution in [0.1, 0.15) is 31.7 Å². The van der Waals surface area contributed by atoms with Crippen LogP contribution in [0.15, 0.2) is 28.7 Å². The Bertz CT molecular complexity index is 434. The quantitative estimate of drug-likeness (QED) is 0.932. The lowest BCUT2D eigenvalue weighted by Gasteiger charge is -2.44. The molecule has 0 spiro atoms. The second-order valence-corrected chi connectivity index (χ2v) is 6.32. The van der Waals surface area contributed by atoms with Crippen molar-refractivity contribution < 1.29 is 9.90 Å². The van der Waals surface area contributed by atoms with Gasteiger partial charge < -0.3 is 10.0 Å². The zero-order valence-electron chi connectivity index (χ0n) is 10.7. The summed E-state index contributed by atoms with van der Waals surface area (Å²) in [5, 5.41) is 9.62. The Morgan fingerprint density at radius 1 is 1.44 bits per heavy atom. The highest BCUT2D eigenvalue weighted by molar-refractivity contribution is 9.10. The van der Waals surface area contributed by atoms with Crippen LogP contribution in [-0.4, -0.2) is 34.6 Å². The Labute approximate surface area is 116 Å². The maximum Gasteiger partial charge on any atom is 0.223 e. The van der Waals surface area contributed by atoms with Gasteiger partial charge in [0, 0.05) is 10.9 Å². The van der Waals surface area contributed by atoms with E-state index in [1.807, 2.05) is 24.3 Å². The summed E-state index contributed by atoms with van der Waals surface area (Å²) in [6, 6.07) is 8.05. The molecule has 1 aromatic carbocycles. The molecule has 2 rings (SSSR count). The van der Waals surface area contributed by atoms with Gasteiger partial charge in [-0.25, -0.2) is 0 Å². The van der Waals surface area contributed by atoms with Crippen LogP contribution in [0.25, 0.3) is 0 Å². The molecule has 1 aliphatic rings. The summed E-state index contributed by atoms with van der Waals surface area (Å²) in [4.78, 5) is 13.7. The summed E-state index contributed by atoms with van der Waals surface area (Å²) in [5.41, 5.74) is 0.482. The van der Waals surface area contributed by atoms with E-state index in [0.29, 0.717) is 19.5 Å². The number of carbonyl (C=O) groups excluding carboxylic acids is 1. The summed E-state index contributed by atoms with van der Waals surface area (Å²) in [6.45, 7) is 4.73. The predicted octanol–water partition coefficient (Wildman–Crippen LogP) is 2.54. The number of aliphatic hydroxyl groups is 1. The van der Waals surface area contributed by atoms with Crippen LogP contribution in [0.5, 0.6) is 0 Å². The minimum absolute atomic E-state index is 0.122. The average molecular weight is 312 g/mol. The van der Waals surface area contributed by atoms with E-state index in [1.54, 1.807) is 11.8 Å². The van der Waals surface area contributed by atoms with E-state index in [2.05, 4.69) is 22.9 Å². The van der Waals surface area contributed by atoms with Crippen LogP contribution >= 0.6 is 15.9 Å². The van der Waals surface area contributed by atoms with Gasteiger partial charge in [-0.15, -0.1) is 0 Å². The first-order valence-electron chi connectivity index (χ1n) is 6.13. The number of benzene rings is 1. The fraction of sp³-hybridized carbons (Fsp3) is 0.500. The Morgan fingerprint density at radius 3 is 2.50 bits per heavy atom. The molecular weight excluding hydrogens is 294 g/mol. The molecule has 1 N–H and O–H groups in total. The van der Waals surface area contributed by atoms with E-state index < -0.39 is 5.60 Å². The summed E-state index contributed by atoms with van der Waals surface area (Å²) in [6.07, 6.45) is 0.498. The van der Waals surface area contributed by atoms with Crippen molar-refractivity contribution in [1.82, 2.24) is 4.90 Å². The van der Waals surface area contributed by atoms with Crippen molar-refractivity contribution in [2.24, 2.45) is 0 Å². The number of likely N-dealkylation sites (tertiary alicyclic amines) is 1. The Kier molecular flexibility index (Phi) is 3.78. The smallest absolute Gasteiger partial charge is 0.223 e. The van der Waals surface area contributed by atoms with Gasteiger partial charge in [0.25, 0.3) is 0 Å². The van der Waals surface area contributed by atoms with E-state index in [-0.39, 0.29) is 11.8 Å². The third-order valence-corrected chi connectivity index (χ3v) is 3.86. The van der Waals surface area contributed by atoms with Gasteiger partial charge in [-0.05, 0) is 30.5 Å². The second kappa shape index (κ2) is 5.02. The first-order valence-corrected chi connectivity index (χ1v) is 6.92. The number of halogens is 1. The van der Waals surface area contributed by atoms with Gasteiger partial charge in [-0.1, -0.05) is 35.0 Å². The fourth-order valence-corrected chi connectivity index (χ4v) is 2.52. The van der Waals surface area contributed by atoms with Crippen LogP contribution in [-0.2, 0) is 4.79 Å². The standard InChI is InChI=1S/C14H18BrNO2/c1-10(11-3-5-12(15)6-4-11)7-13(17)16-8-14(2,18)9-16/h3-6,10,18H,7-9H2,1-2H3. The van der Waals surface area contributed by atoms with Crippen LogP contribution in [0.4, 0.5) is 0 Å². The van der Waals surface area contributed by atoms with E-state index in [9.17, 15) is 9.90 Å². The number of nitrogens with zero attached hydrogens (tertiary/aromatic N) is 1. The molecule has 0 saturated carbocycles. The lowest BCUT2D eigenvalue weighted by Crippen LogP contribution is -2.61. The molecule has 1 unspecified atom stereocenters. The number of hydrogen-bond acceptors (Lipinski definition) is 2. The number of hydrogen-bond donors (Lipinski definition) is 1. The van der Waals surface area contributed by atoms with Crippen molar-refractivity contribution in [3.05, 3.63) is 34.3 Å². The summed E-state index contributed by atoms with van der Waals surface area (Å²) >= 11 is 3.40. The zero-order chi connectivity index (χ0) is 13.3. The first kappa shape index (κ1) is 13.6. The zero-order valence-corrected chi connectivity index (χ0v) is 12.3. The topological polar surface area (TPSA) is 40.5 Å². The summed E-state index contributed by atoms with van der Waals surface area (Å²) in [5.74, 6) is 0.327. The Balaban J connectivity index is 1.90. The van der Waals surface area contributed by atoms with Crippen molar-refractivity contribution in [3.8, 4) is 0 Å². The third-order valence-electron chi connectivity index (χ3n) is 3.34. The van der Waals surface area contributed by atoms with Crippen molar-refractivity contribution in [2.45, 2.75) is 31.8 Å². The molecule has 1 amide bonds. The number of carbonyl (C=O) groups is 1. The van der Waals surface area contributed by atoms with Gasteiger partial charge in [-0.2, -0.15) is 0 Å². The highest BCUT2D eigenvalue weighted by Crippen LogP contribution is 2.25. The van der Waals surface area contributed by atoms with Crippen molar-refractivity contribution >= 4 is 21.8 Å². The number of amides is 1. The van der Waals surface area contributed by atoms with Gasteiger partial charge >= 0.3 is 0 Å². The molecule has 1 atom stereocenters. The van der Waals surface area contributed by atoms with Gasteiger partial charge in [-0.3, -0.25) is 4.79 Å². The summed E-state index contributed by atoms with van der Waals surface area (Å²) < 4.78 is 1.04. The van der Waals surface area contributed by atoms with Gasteiger partial charge in [0.15, 0.2) is 0 Å². The van der Waals surface area contributed by atoms with Crippen LogP contribution in [0.3, 0.4) is 0 Å². The normalized spacial score (nSPS) is 19.2. The highest BCUT2D eigenvalue weighted by Gasteiger charge is 2.39. The van der Waals surface area contributed by atoms with Gasteiger partial charge in [0.1, 0.15) is 0 Å². The SMILES string of the molecule is CC(CC(=O)N1CC(C)(O)C1)c1ccc(Br)cc1. The van der Waals surface area contributed by atoms with Crippen molar-refractivity contribution in [2.75, 3.05) is 13.1 Å². The average Bonchev–Trinajstić information content (AvgIpc) is 2.26. The lowest BCUT2D eigenvalue weighted by molar-refractivity contribution is -0.152. The molecule has 1 heterocycles. The number of rotatable bonds is 3. The molecule has 1 aliphatic heterocycles. The van der Waals surface area contributed by atoms with Crippen LogP contribution in [0.2, 0.25) is 0 Å². The lowest BCUT2D eigenvalue weighted by atomic mass is 9.93. The third kappa shape index (κ3) is 3.12. The molecule has 0 aromatic heterocycles. The van der Waals surface area contributed by atoms with Crippen molar-refractivity contribution in [1.29, 1.82) is 0 Å². The predicted molar refractivity (Wildman–Crippen MR) is 74.4 cm³/mol. The maximum atomic E-state index is 12.0. The minimum atomic E-state index is -0.684. The summed E-state index contributed by atoms with van der Waals surface area (Å²) in [7, 11) is 0. The van der Waals surface area contributed by atoms with Gasteiger partial charge in [0.05, 0.1) is 18.7 Å². The Hall–Kier alpha value is -0.870. The first-order chi connectivity index (χ1) is 8.37. The fourth-order valence-electron chi connectivity index (χ4n) is 2.25. The molecule has 98 valence electrons. The van der Waals surface area contributed by atoms with Gasteiger partial charge in [0.2, 0.25) is 5.91 Å². The molecule has 4 heteroatoms.